The highest BCUT2D eigenvalue weighted by molar-refractivity contribution is 14.1. The molecule has 0 radical (unpaired) electrons. The number of halogens is 1. The Balaban J connectivity index is 2.12. The SMILES string of the molecule is COC(=O)C[C@@H]1CC2(CC2)[C@H](OC(C)=O)[C@@H](/C=C/I)O1. The fraction of sp³-hybridized carbons (Fsp3) is 0.714. The normalized spacial score (nSPS) is 31.2. The standard InChI is InChI=1S/C14H19IO5/c1-9(16)19-13-11(3-6-15)20-10(7-12(17)18-2)8-14(13)4-5-14/h3,6,10-11,13H,4-5,7-8H2,1-2H3/b6-3+/t10-,11-,13-/m1/s1. The topological polar surface area (TPSA) is 61.8 Å². The van der Waals surface area contributed by atoms with Gasteiger partial charge in [0.15, 0.2) is 0 Å². The van der Waals surface area contributed by atoms with E-state index in [1.807, 2.05) is 10.2 Å². The Morgan fingerprint density at radius 1 is 1.45 bits per heavy atom. The Morgan fingerprint density at radius 3 is 2.65 bits per heavy atom. The van der Waals surface area contributed by atoms with Crippen molar-refractivity contribution in [1.82, 2.24) is 0 Å². The molecule has 0 N–H and O–H groups in total. The summed E-state index contributed by atoms with van der Waals surface area (Å²) in [5.41, 5.74) is -0.0244. The average molecular weight is 394 g/mol. The first-order chi connectivity index (χ1) is 9.50. The molecule has 5 nitrogen and oxygen atoms in total. The summed E-state index contributed by atoms with van der Waals surface area (Å²) >= 11 is 2.11. The summed E-state index contributed by atoms with van der Waals surface area (Å²) in [6.45, 7) is 1.42. The van der Waals surface area contributed by atoms with E-state index in [2.05, 4.69) is 22.6 Å². The molecule has 0 bridgehead atoms. The van der Waals surface area contributed by atoms with E-state index >= 15 is 0 Å². The van der Waals surface area contributed by atoms with Gasteiger partial charge < -0.3 is 14.2 Å². The van der Waals surface area contributed by atoms with Gasteiger partial charge in [-0.3, -0.25) is 9.59 Å². The number of esters is 2. The fourth-order valence-electron chi connectivity index (χ4n) is 2.89. The summed E-state index contributed by atoms with van der Waals surface area (Å²) in [5, 5.41) is 0. The van der Waals surface area contributed by atoms with Gasteiger partial charge in [-0.1, -0.05) is 22.6 Å². The Bertz CT molecular complexity index is 416. The highest BCUT2D eigenvalue weighted by Crippen LogP contribution is 2.58. The van der Waals surface area contributed by atoms with Crippen LogP contribution in [0.5, 0.6) is 0 Å². The zero-order valence-corrected chi connectivity index (χ0v) is 13.8. The smallest absolute Gasteiger partial charge is 0.308 e. The lowest BCUT2D eigenvalue weighted by atomic mass is 9.84. The molecular weight excluding hydrogens is 375 g/mol. The van der Waals surface area contributed by atoms with Gasteiger partial charge in [0.1, 0.15) is 12.2 Å². The van der Waals surface area contributed by atoms with Crippen LogP contribution < -0.4 is 0 Å². The summed E-state index contributed by atoms with van der Waals surface area (Å²) in [6, 6.07) is 0. The van der Waals surface area contributed by atoms with Crippen LogP contribution in [0.25, 0.3) is 0 Å². The maximum Gasteiger partial charge on any atom is 0.308 e. The molecule has 112 valence electrons. The minimum Gasteiger partial charge on any atom is -0.469 e. The van der Waals surface area contributed by atoms with Gasteiger partial charge in [-0.15, -0.1) is 0 Å². The molecule has 0 aromatic heterocycles. The molecule has 0 unspecified atom stereocenters. The molecule has 1 aliphatic carbocycles. The Kier molecular flexibility index (Phi) is 5.06. The molecule has 0 amide bonds. The van der Waals surface area contributed by atoms with Gasteiger partial charge in [-0.05, 0) is 29.4 Å². The first-order valence-corrected chi connectivity index (χ1v) is 7.92. The van der Waals surface area contributed by atoms with Gasteiger partial charge in [-0.2, -0.15) is 0 Å². The van der Waals surface area contributed by atoms with E-state index in [1.165, 1.54) is 14.0 Å². The van der Waals surface area contributed by atoms with Crippen LogP contribution in [0, 0.1) is 5.41 Å². The van der Waals surface area contributed by atoms with Crippen molar-refractivity contribution in [1.29, 1.82) is 0 Å². The molecule has 2 fully saturated rings. The molecule has 1 spiro atoms. The van der Waals surface area contributed by atoms with Crippen molar-refractivity contribution in [2.45, 2.75) is 50.9 Å². The van der Waals surface area contributed by atoms with Crippen LogP contribution in [0.15, 0.2) is 10.2 Å². The molecular formula is C14H19IO5. The van der Waals surface area contributed by atoms with Crippen LogP contribution >= 0.6 is 22.6 Å². The van der Waals surface area contributed by atoms with E-state index in [1.54, 1.807) is 0 Å². The zero-order chi connectivity index (χ0) is 14.8. The number of hydrogen-bond donors (Lipinski definition) is 0. The quantitative estimate of drug-likeness (QED) is 0.541. The first kappa shape index (κ1) is 15.8. The van der Waals surface area contributed by atoms with Crippen LogP contribution in [0.1, 0.15) is 32.6 Å². The van der Waals surface area contributed by atoms with Gasteiger partial charge >= 0.3 is 11.9 Å². The first-order valence-electron chi connectivity index (χ1n) is 6.67. The van der Waals surface area contributed by atoms with E-state index < -0.39 is 0 Å². The Hall–Kier alpha value is -0.630. The van der Waals surface area contributed by atoms with E-state index in [9.17, 15) is 9.59 Å². The predicted octanol–water partition coefficient (Wildman–Crippen LogP) is 2.37. The second-order valence-corrected chi connectivity index (χ2v) is 6.14. The monoisotopic (exact) mass is 394 g/mol. The van der Waals surface area contributed by atoms with E-state index in [4.69, 9.17) is 14.2 Å². The Labute approximate surface area is 132 Å². The number of methoxy groups -OCH3 is 1. The number of carbonyl (C=O) groups excluding carboxylic acids is 2. The second kappa shape index (κ2) is 6.43. The van der Waals surface area contributed by atoms with Gasteiger partial charge in [0.25, 0.3) is 0 Å². The molecule has 1 heterocycles. The minimum atomic E-state index is -0.290. The van der Waals surface area contributed by atoms with Gasteiger partial charge in [0.2, 0.25) is 0 Å². The lowest BCUT2D eigenvalue weighted by molar-refractivity contribution is -0.182. The third kappa shape index (κ3) is 3.52. The van der Waals surface area contributed by atoms with Crippen molar-refractivity contribution in [2.75, 3.05) is 7.11 Å². The average Bonchev–Trinajstić information content (AvgIpc) is 3.14. The van der Waals surface area contributed by atoms with Crippen molar-refractivity contribution in [3.05, 3.63) is 10.2 Å². The number of hydrogen-bond acceptors (Lipinski definition) is 5. The fourth-order valence-corrected chi connectivity index (χ4v) is 3.30. The predicted molar refractivity (Wildman–Crippen MR) is 80.3 cm³/mol. The maximum atomic E-state index is 11.4. The summed E-state index contributed by atoms with van der Waals surface area (Å²) < 4.78 is 18.0. The van der Waals surface area contributed by atoms with Crippen molar-refractivity contribution in [3.63, 3.8) is 0 Å². The molecule has 20 heavy (non-hydrogen) atoms. The lowest BCUT2D eigenvalue weighted by Crippen LogP contribution is -2.48. The number of rotatable bonds is 4. The van der Waals surface area contributed by atoms with Crippen LogP contribution in [0.4, 0.5) is 0 Å². The largest absolute Gasteiger partial charge is 0.469 e. The molecule has 2 aliphatic rings. The van der Waals surface area contributed by atoms with Crippen molar-refractivity contribution in [2.24, 2.45) is 5.41 Å². The number of carbonyl (C=O) groups is 2. The molecule has 2 rings (SSSR count). The van der Waals surface area contributed by atoms with Gasteiger partial charge in [-0.25, -0.2) is 0 Å². The molecule has 1 saturated carbocycles. The summed E-state index contributed by atoms with van der Waals surface area (Å²) in [7, 11) is 1.38. The van der Waals surface area contributed by atoms with Crippen LogP contribution in [0.2, 0.25) is 0 Å². The molecule has 1 aliphatic heterocycles. The van der Waals surface area contributed by atoms with E-state index in [0.717, 1.165) is 19.3 Å². The van der Waals surface area contributed by atoms with Crippen LogP contribution in [0.3, 0.4) is 0 Å². The molecule has 0 aromatic carbocycles. The van der Waals surface area contributed by atoms with Crippen molar-refractivity contribution in [3.8, 4) is 0 Å². The van der Waals surface area contributed by atoms with Gasteiger partial charge in [0.05, 0.1) is 19.6 Å². The van der Waals surface area contributed by atoms with Crippen molar-refractivity contribution >= 4 is 34.5 Å². The second-order valence-electron chi connectivity index (χ2n) is 5.42. The zero-order valence-electron chi connectivity index (χ0n) is 11.6. The lowest BCUT2D eigenvalue weighted by Gasteiger charge is -2.40. The molecule has 1 saturated heterocycles. The minimum absolute atomic E-state index is 0.0244. The van der Waals surface area contributed by atoms with Crippen molar-refractivity contribution < 1.29 is 23.8 Å². The molecule has 3 atom stereocenters. The highest BCUT2D eigenvalue weighted by atomic mass is 127. The van der Waals surface area contributed by atoms with Crippen LogP contribution in [-0.2, 0) is 23.8 Å². The van der Waals surface area contributed by atoms with Crippen LogP contribution in [-0.4, -0.2) is 37.4 Å². The van der Waals surface area contributed by atoms with E-state index in [-0.39, 0.29) is 42.1 Å². The summed E-state index contributed by atoms with van der Waals surface area (Å²) in [5.74, 6) is -0.558. The summed E-state index contributed by atoms with van der Waals surface area (Å²) in [4.78, 5) is 22.7. The molecule has 6 heteroatoms. The summed E-state index contributed by atoms with van der Waals surface area (Å²) in [6.07, 6.45) is 4.19. The third-order valence-corrected chi connectivity index (χ3v) is 4.37. The third-order valence-electron chi connectivity index (χ3n) is 3.96. The Morgan fingerprint density at radius 2 is 2.15 bits per heavy atom. The van der Waals surface area contributed by atoms with E-state index in [0.29, 0.717) is 0 Å². The number of ether oxygens (including phenoxy) is 3. The van der Waals surface area contributed by atoms with Gasteiger partial charge in [0, 0.05) is 12.3 Å². The maximum absolute atomic E-state index is 11.4. The highest BCUT2D eigenvalue weighted by Gasteiger charge is 2.58. The molecule has 0 aromatic rings.